The van der Waals surface area contributed by atoms with E-state index in [2.05, 4.69) is 0 Å². The number of ether oxygens (including phenoxy) is 2. The quantitative estimate of drug-likeness (QED) is 0.778. The lowest BCUT2D eigenvalue weighted by atomic mass is 10.0. The van der Waals surface area contributed by atoms with E-state index >= 15 is 0 Å². The molecule has 0 saturated carbocycles. The Morgan fingerprint density at radius 1 is 1.10 bits per heavy atom. The first-order valence-electron chi connectivity index (χ1n) is 6.58. The molecule has 0 radical (unpaired) electrons. The summed E-state index contributed by atoms with van der Waals surface area (Å²) in [6, 6.07) is 12.7. The molecule has 3 nitrogen and oxygen atoms in total. The van der Waals surface area contributed by atoms with E-state index < -0.39 is 0 Å². The fraction of sp³-hybridized carbons (Fsp3) is 0.235. The maximum Gasteiger partial charge on any atom is 0.196 e. The van der Waals surface area contributed by atoms with E-state index in [-0.39, 0.29) is 5.78 Å². The fourth-order valence-corrected chi connectivity index (χ4v) is 2.00. The van der Waals surface area contributed by atoms with Crippen molar-refractivity contribution >= 4 is 5.78 Å². The number of carbonyl (C=O) groups is 1. The highest BCUT2D eigenvalue weighted by Gasteiger charge is 2.15. The first kappa shape index (κ1) is 14.1. The zero-order chi connectivity index (χ0) is 14.5. The van der Waals surface area contributed by atoms with Gasteiger partial charge in [0.25, 0.3) is 0 Å². The van der Waals surface area contributed by atoms with E-state index in [4.69, 9.17) is 9.47 Å². The normalized spacial score (nSPS) is 10.2. The molecule has 0 aliphatic heterocycles. The Kier molecular flexibility index (Phi) is 4.41. The molecule has 0 aromatic heterocycles. The van der Waals surface area contributed by atoms with Crippen molar-refractivity contribution in [2.45, 2.75) is 13.8 Å². The first-order chi connectivity index (χ1) is 9.65. The van der Waals surface area contributed by atoms with Gasteiger partial charge in [0, 0.05) is 5.56 Å². The molecule has 0 fully saturated rings. The van der Waals surface area contributed by atoms with E-state index in [9.17, 15) is 4.79 Å². The second-order valence-corrected chi connectivity index (χ2v) is 4.49. The van der Waals surface area contributed by atoms with Gasteiger partial charge < -0.3 is 9.47 Å². The summed E-state index contributed by atoms with van der Waals surface area (Å²) in [5, 5.41) is 0. The van der Waals surface area contributed by atoms with Crippen molar-refractivity contribution in [3.63, 3.8) is 0 Å². The van der Waals surface area contributed by atoms with Gasteiger partial charge in [0.1, 0.15) is 11.5 Å². The first-order valence-corrected chi connectivity index (χ1v) is 6.58. The lowest BCUT2D eigenvalue weighted by Gasteiger charge is -2.10. The Morgan fingerprint density at radius 2 is 1.80 bits per heavy atom. The molecule has 2 aromatic carbocycles. The van der Waals surface area contributed by atoms with Crippen LogP contribution in [0.1, 0.15) is 28.4 Å². The molecule has 0 atom stereocenters. The number of hydrogen-bond donors (Lipinski definition) is 0. The van der Waals surface area contributed by atoms with Crippen molar-refractivity contribution in [3.05, 3.63) is 59.2 Å². The van der Waals surface area contributed by atoms with Crippen LogP contribution in [0, 0.1) is 6.92 Å². The van der Waals surface area contributed by atoms with Crippen molar-refractivity contribution in [2.24, 2.45) is 0 Å². The van der Waals surface area contributed by atoms with Gasteiger partial charge in [0.15, 0.2) is 5.78 Å². The van der Waals surface area contributed by atoms with E-state index in [1.807, 2.05) is 32.0 Å². The summed E-state index contributed by atoms with van der Waals surface area (Å²) < 4.78 is 10.6. The van der Waals surface area contributed by atoms with Crippen LogP contribution < -0.4 is 9.47 Å². The number of hydrogen-bond acceptors (Lipinski definition) is 3. The van der Waals surface area contributed by atoms with Crippen LogP contribution in [0.25, 0.3) is 0 Å². The van der Waals surface area contributed by atoms with Crippen molar-refractivity contribution in [1.82, 2.24) is 0 Å². The summed E-state index contributed by atoms with van der Waals surface area (Å²) >= 11 is 0. The number of benzene rings is 2. The molecule has 0 heterocycles. The van der Waals surface area contributed by atoms with Crippen LogP contribution in [0.3, 0.4) is 0 Å². The molecule has 3 heteroatoms. The van der Waals surface area contributed by atoms with Crippen LogP contribution >= 0.6 is 0 Å². The van der Waals surface area contributed by atoms with Gasteiger partial charge in [0.05, 0.1) is 19.3 Å². The third-order valence-electron chi connectivity index (χ3n) is 3.03. The van der Waals surface area contributed by atoms with Crippen molar-refractivity contribution in [1.29, 1.82) is 0 Å². The van der Waals surface area contributed by atoms with Gasteiger partial charge in [-0.3, -0.25) is 4.79 Å². The van der Waals surface area contributed by atoms with Gasteiger partial charge in [-0.15, -0.1) is 0 Å². The maximum absolute atomic E-state index is 12.6. The van der Waals surface area contributed by atoms with Gasteiger partial charge in [-0.1, -0.05) is 11.6 Å². The van der Waals surface area contributed by atoms with Crippen LogP contribution in [0.5, 0.6) is 11.5 Å². The predicted molar refractivity (Wildman–Crippen MR) is 78.8 cm³/mol. The van der Waals surface area contributed by atoms with Gasteiger partial charge >= 0.3 is 0 Å². The molecule has 0 unspecified atom stereocenters. The number of methoxy groups -OCH3 is 1. The van der Waals surface area contributed by atoms with Gasteiger partial charge in [-0.05, 0) is 50.2 Å². The Bertz CT molecular complexity index is 600. The smallest absolute Gasteiger partial charge is 0.196 e. The van der Waals surface area contributed by atoms with Crippen LogP contribution in [0.15, 0.2) is 42.5 Å². The maximum atomic E-state index is 12.6. The van der Waals surface area contributed by atoms with E-state index in [0.717, 1.165) is 11.3 Å². The molecular weight excluding hydrogens is 252 g/mol. The highest BCUT2D eigenvalue weighted by atomic mass is 16.5. The van der Waals surface area contributed by atoms with Crippen LogP contribution in [-0.4, -0.2) is 19.5 Å². The van der Waals surface area contributed by atoms with Crippen molar-refractivity contribution in [2.75, 3.05) is 13.7 Å². The molecule has 2 aromatic rings. The van der Waals surface area contributed by atoms with Crippen LogP contribution in [0.2, 0.25) is 0 Å². The van der Waals surface area contributed by atoms with Crippen LogP contribution in [0.4, 0.5) is 0 Å². The monoisotopic (exact) mass is 270 g/mol. The summed E-state index contributed by atoms with van der Waals surface area (Å²) in [5.41, 5.74) is 2.25. The number of rotatable bonds is 5. The zero-order valence-electron chi connectivity index (χ0n) is 12.0. The van der Waals surface area contributed by atoms with Crippen molar-refractivity contribution in [3.8, 4) is 11.5 Å². The summed E-state index contributed by atoms with van der Waals surface area (Å²) in [5.74, 6) is 1.31. The zero-order valence-corrected chi connectivity index (χ0v) is 12.0. The van der Waals surface area contributed by atoms with E-state index in [1.165, 1.54) is 0 Å². The number of ketones is 1. The third kappa shape index (κ3) is 2.99. The molecule has 0 saturated heterocycles. The molecule has 0 spiro atoms. The lowest BCUT2D eigenvalue weighted by molar-refractivity contribution is 0.103. The molecule has 2 rings (SSSR count). The standard InChI is InChI=1S/C17H18O3/c1-4-20-16-10-5-12(2)11-15(16)17(18)13-6-8-14(19-3)9-7-13/h5-11H,4H2,1-3H3. The van der Waals surface area contributed by atoms with Gasteiger partial charge in [-0.25, -0.2) is 0 Å². The summed E-state index contributed by atoms with van der Waals surface area (Å²) in [4.78, 5) is 12.6. The largest absolute Gasteiger partial charge is 0.497 e. The average molecular weight is 270 g/mol. The highest BCUT2D eigenvalue weighted by molar-refractivity contribution is 6.10. The fourth-order valence-electron chi connectivity index (χ4n) is 2.00. The van der Waals surface area contributed by atoms with E-state index in [0.29, 0.717) is 23.5 Å². The topological polar surface area (TPSA) is 35.5 Å². The average Bonchev–Trinajstić information content (AvgIpc) is 2.48. The molecule has 0 aliphatic rings. The predicted octanol–water partition coefficient (Wildman–Crippen LogP) is 3.63. The number of aryl methyl sites for hydroxylation is 1. The summed E-state index contributed by atoms with van der Waals surface area (Å²) in [6.45, 7) is 4.40. The second-order valence-electron chi connectivity index (χ2n) is 4.49. The van der Waals surface area contributed by atoms with Gasteiger partial charge in [0.2, 0.25) is 0 Å². The minimum Gasteiger partial charge on any atom is -0.497 e. The minimum absolute atomic E-state index is 0.0418. The molecule has 20 heavy (non-hydrogen) atoms. The molecule has 0 N–H and O–H groups in total. The van der Waals surface area contributed by atoms with E-state index in [1.54, 1.807) is 31.4 Å². The lowest BCUT2D eigenvalue weighted by Crippen LogP contribution is -2.06. The molecule has 0 aliphatic carbocycles. The second kappa shape index (κ2) is 6.24. The Balaban J connectivity index is 2.38. The highest BCUT2D eigenvalue weighted by Crippen LogP contribution is 2.24. The minimum atomic E-state index is -0.0418. The Labute approximate surface area is 119 Å². The third-order valence-corrected chi connectivity index (χ3v) is 3.03. The molecular formula is C17H18O3. The molecule has 0 bridgehead atoms. The Hall–Kier alpha value is -2.29. The molecule has 104 valence electrons. The Morgan fingerprint density at radius 3 is 2.40 bits per heavy atom. The summed E-state index contributed by atoms with van der Waals surface area (Å²) in [7, 11) is 1.60. The molecule has 0 amide bonds. The van der Waals surface area contributed by atoms with Crippen molar-refractivity contribution < 1.29 is 14.3 Å². The summed E-state index contributed by atoms with van der Waals surface area (Å²) in [6.07, 6.45) is 0. The number of carbonyl (C=O) groups excluding carboxylic acids is 1. The van der Waals surface area contributed by atoms with Crippen LogP contribution in [-0.2, 0) is 0 Å². The van der Waals surface area contributed by atoms with Gasteiger partial charge in [-0.2, -0.15) is 0 Å². The SMILES string of the molecule is CCOc1ccc(C)cc1C(=O)c1ccc(OC)cc1.